The van der Waals surface area contributed by atoms with Crippen molar-refractivity contribution in [3.8, 4) is 0 Å². The summed E-state index contributed by atoms with van der Waals surface area (Å²) in [5.41, 5.74) is 1.41. The van der Waals surface area contributed by atoms with E-state index in [1.807, 2.05) is 0 Å². The number of hydrogen-bond donors (Lipinski definition) is 2. The van der Waals surface area contributed by atoms with Gasteiger partial charge in [-0.3, -0.25) is 4.79 Å². The van der Waals surface area contributed by atoms with Gasteiger partial charge < -0.3 is 10.3 Å². The maximum atomic E-state index is 13.8. The predicted molar refractivity (Wildman–Crippen MR) is 93.9 cm³/mol. The number of hydrogen-bond acceptors (Lipinski definition) is 4. The summed E-state index contributed by atoms with van der Waals surface area (Å²) in [5.74, 6) is -0.672. The maximum Gasteiger partial charge on any atom is 0.259 e. The molecule has 1 aliphatic rings. The Balaban J connectivity index is 1.56. The second-order valence-corrected chi connectivity index (χ2v) is 7.40. The van der Waals surface area contributed by atoms with Crippen LogP contribution in [0.25, 0.3) is 10.2 Å². The lowest BCUT2D eigenvalue weighted by atomic mass is 10.1. The summed E-state index contributed by atoms with van der Waals surface area (Å²) in [6.07, 6.45) is 3.06. The molecule has 0 fully saturated rings. The van der Waals surface area contributed by atoms with Crippen LogP contribution in [0.15, 0.2) is 23.0 Å². The number of aryl methyl sites for hydroxylation is 2. The topological polar surface area (TPSA) is 57.8 Å². The summed E-state index contributed by atoms with van der Waals surface area (Å²) < 4.78 is 26.9. The molecule has 1 aromatic carbocycles. The second-order valence-electron chi connectivity index (χ2n) is 6.32. The monoisotopic (exact) mass is 361 g/mol. The number of H-pyrrole nitrogens is 1. The summed E-state index contributed by atoms with van der Waals surface area (Å²) in [4.78, 5) is 21.8. The molecule has 7 heteroatoms. The molecule has 2 N–H and O–H groups in total. The van der Waals surface area contributed by atoms with Crippen LogP contribution < -0.4 is 10.9 Å². The van der Waals surface area contributed by atoms with Crippen LogP contribution >= 0.6 is 11.3 Å². The Morgan fingerprint density at radius 3 is 3.00 bits per heavy atom. The molecular formula is C18H17F2N3OS. The van der Waals surface area contributed by atoms with E-state index in [2.05, 4.69) is 15.3 Å². The lowest BCUT2D eigenvalue weighted by Gasteiger charge is -2.14. The van der Waals surface area contributed by atoms with E-state index >= 15 is 0 Å². The Labute approximate surface area is 146 Å². The first-order valence-electron chi connectivity index (χ1n) is 8.24. The molecule has 3 aromatic rings. The number of thiophene rings is 1. The fraction of sp³-hybridized carbons (Fsp3) is 0.333. The Bertz CT molecular complexity index is 1010. The Morgan fingerprint density at radius 1 is 1.36 bits per heavy atom. The number of nitrogens with one attached hydrogen (secondary N) is 2. The molecule has 0 amide bonds. The molecule has 2 heterocycles. The first-order valence-corrected chi connectivity index (χ1v) is 9.06. The Morgan fingerprint density at radius 2 is 2.20 bits per heavy atom. The molecule has 1 aliphatic carbocycles. The molecular weight excluding hydrogens is 344 g/mol. The molecule has 0 saturated heterocycles. The number of benzene rings is 1. The molecule has 2 aromatic heterocycles. The van der Waals surface area contributed by atoms with Gasteiger partial charge in [0.25, 0.3) is 5.56 Å². The summed E-state index contributed by atoms with van der Waals surface area (Å²) in [6, 6.07) is 3.18. The zero-order valence-corrected chi connectivity index (χ0v) is 14.5. The van der Waals surface area contributed by atoms with Crippen molar-refractivity contribution in [2.24, 2.45) is 0 Å². The second kappa shape index (κ2) is 6.31. The normalized spacial score (nSPS) is 14.8. The van der Waals surface area contributed by atoms with Gasteiger partial charge in [0.1, 0.15) is 22.3 Å². The lowest BCUT2D eigenvalue weighted by molar-refractivity contribution is 0.511. The van der Waals surface area contributed by atoms with Crippen molar-refractivity contribution < 1.29 is 8.78 Å². The largest absolute Gasteiger partial charge is 0.309 e. The van der Waals surface area contributed by atoms with Crippen molar-refractivity contribution in [1.29, 1.82) is 0 Å². The van der Waals surface area contributed by atoms with Crippen LogP contribution in [0.5, 0.6) is 0 Å². The third-order valence-electron chi connectivity index (χ3n) is 4.63. The fourth-order valence-electron chi connectivity index (χ4n) is 3.34. The van der Waals surface area contributed by atoms with Crippen molar-refractivity contribution in [1.82, 2.24) is 15.3 Å². The van der Waals surface area contributed by atoms with Crippen molar-refractivity contribution in [2.45, 2.75) is 38.8 Å². The van der Waals surface area contributed by atoms with E-state index in [0.29, 0.717) is 17.9 Å². The molecule has 25 heavy (non-hydrogen) atoms. The van der Waals surface area contributed by atoms with Gasteiger partial charge in [0.15, 0.2) is 0 Å². The highest BCUT2D eigenvalue weighted by Crippen LogP contribution is 2.34. The third kappa shape index (κ3) is 2.98. The zero-order valence-electron chi connectivity index (χ0n) is 13.7. The highest BCUT2D eigenvalue weighted by Gasteiger charge is 2.21. The van der Waals surface area contributed by atoms with Gasteiger partial charge in [-0.25, -0.2) is 13.8 Å². The summed E-state index contributed by atoms with van der Waals surface area (Å²) in [7, 11) is 0. The molecule has 0 unspecified atom stereocenters. The number of aromatic amines is 1. The molecule has 130 valence electrons. The van der Waals surface area contributed by atoms with Gasteiger partial charge in [-0.2, -0.15) is 0 Å². The Kier molecular flexibility index (Phi) is 4.13. The fourth-order valence-corrected chi connectivity index (χ4v) is 4.62. The van der Waals surface area contributed by atoms with E-state index in [4.69, 9.17) is 0 Å². The van der Waals surface area contributed by atoms with E-state index in [1.165, 1.54) is 17.0 Å². The van der Waals surface area contributed by atoms with Gasteiger partial charge in [0.2, 0.25) is 0 Å². The maximum absolute atomic E-state index is 13.8. The molecule has 4 rings (SSSR count). The van der Waals surface area contributed by atoms with Crippen LogP contribution in [0.2, 0.25) is 0 Å². The molecule has 0 spiro atoms. The highest BCUT2D eigenvalue weighted by molar-refractivity contribution is 7.18. The SMILES string of the molecule is C[C@H](NCc1nc2sc3c(c2c(=O)[nH]1)CCC3)c1ccc(F)cc1F. The minimum atomic E-state index is -0.601. The van der Waals surface area contributed by atoms with E-state index in [1.54, 1.807) is 18.3 Å². The first-order chi connectivity index (χ1) is 12.0. The highest BCUT2D eigenvalue weighted by atomic mass is 32.1. The summed E-state index contributed by atoms with van der Waals surface area (Å²) in [5, 5.41) is 3.85. The van der Waals surface area contributed by atoms with Crippen LogP contribution in [0, 0.1) is 11.6 Å². The van der Waals surface area contributed by atoms with Crippen LogP contribution in [-0.4, -0.2) is 9.97 Å². The van der Waals surface area contributed by atoms with E-state index in [9.17, 15) is 13.6 Å². The van der Waals surface area contributed by atoms with E-state index in [0.717, 1.165) is 41.1 Å². The van der Waals surface area contributed by atoms with Crippen molar-refractivity contribution in [3.05, 3.63) is 62.0 Å². The number of fused-ring (bicyclic) bond motifs is 3. The van der Waals surface area contributed by atoms with Gasteiger partial charge in [0, 0.05) is 22.5 Å². The number of aromatic nitrogens is 2. The van der Waals surface area contributed by atoms with E-state index in [-0.39, 0.29) is 11.6 Å². The number of rotatable bonds is 4. The Hall–Kier alpha value is -2.12. The van der Waals surface area contributed by atoms with Gasteiger partial charge in [0.05, 0.1) is 11.9 Å². The van der Waals surface area contributed by atoms with Crippen LogP contribution in [0.3, 0.4) is 0 Å². The van der Waals surface area contributed by atoms with E-state index < -0.39 is 11.6 Å². The van der Waals surface area contributed by atoms with Crippen LogP contribution in [0.1, 0.15) is 41.2 Å². The summed E-state index contributed by atoms with van der Waals surface area (Å²) in [6.45, 7) is 2.08. The zero-order chi connectivity index (χ0) is 17.6. The molecule has 0 bridgehead atoms. The van der Waals surface area contributed by atoms with Gasteiger partial charge in [-0.15, -0.1) is 11.3 Å². The van der Waals surface area contributed by atoms with Gasteiger partial charge >= 0.3 is 0 Å². The lowest BCUT2D eigenvalue weighted by Crippen LogP contribution is -2.23. The molecule has 0 radical (unpaired) electrons. The van der Waals surface area contributed by atoms with Crippen LogP contribution in [-0.2, 0) is 19.4 Å². The minimum absolute atomic E-state index is 0.109. The third-order valence-corrected chi connectivity index (χ3v) is 5.81. The molecule has 0 saturated carbocycles. The molecule has 1 atom stereocenters. The quantitative estimate of drug-likeness (QED) is 0.746. The van der Waals surface area contributed by atoms with Crippen molar-refractivity contribution in [2.75, 3.05) is 0 Å². The minimum Gasteiger partial charge on any atom is -0.309 e. The van der Waals surface area contributed by atoms with Crippen LogP contribution in [0.4, 0.5) is 8.78 Å². The predicted octanol–water partition coefficient (Wildman–Crippen LogP) is 3.60. The molecule has 4 nitrogen and oxygen atoms in total. The van der Waals surface area contributed by atoms with Crippen molar-refractivity contribution >= 4 is 21.6 Å². The average molecular weight is 361 g/mol. The molecule has 0 aliphatic heterocycles. The number of halogens is 2. The summed E-state index contributed by atoms with van der Waals surface area (Å²) >= 11 is 1.59. The van der Waals surface area contributed by atoms with Gasteiger partial charge in [-0.1, -0.05) is 6.07 Å². The van der Waals surface area contributed by atoms with Gasteiger partial charge in [-0.05, 0) is 37.8 Å². The standard InChI is InChI=1S/C18H17F2N3OS/c1-9(11-6-5-10(19)7-13(11)20)21-8-15-22-17(24)16-12-3-2-4-14(12)25-18(16)23-15/h5-7,9,21H,2-4,8H2,1H3,(H,22,23,24)/t9-/m0/s1. The smallest absolute Gasteiger partial charge is 0.259 e. The average Bonchev–Trinajstić information content (AvgIpc) is 3.13. The number of nitrogens with zero attached hydrogens (tertiary/aromatic N) is 1. The van der Waals surface area contributed by atoms with Crippen molar-refractivity contribution in [3.63, 3.8) is 0 Å². The first kappa shape index (κ1) is 16.4.